The van der Waals surface area contributed by atoms with Gasteiger partial charge in [-0.1, -0.05) is 303 Å². The minimum absolute atomic E-state index is 0.113. The van der Waals surface area contributed by atoms with E-state index >= 15 is 0 Å². The van der Waals surface area contributed by atoms with Crippen LogP contribution in [0.2, 0.25) is 0 Å². The second-order valence-corrected chi connectivity index (χ2v) is 43.7. The van der Waals surface area contributed by atoms with Gasteiger partial charge in [0.1, 0.15) is 6.29 Å². The van der Waals surface area contributed by atoms with Crippen LogP contribution in [0.15, 0.2) is 12.7 Å². The number of allylic oxidation sites excluding steroid dienone is 1. The maximum Gasteiger partial charge on any atom is 0.312 e. The minimum Gasteiger partial charge on any atom is -0.481 e. The molecule has 25 nitrogen and oxygen atoms in total. The molecule has 0 rings (SSSR count). The summed E-state index contributed by atoms with van der Waals surface area (Å²) in [6.45, 7) is 107. The number of aliphatic carboxylic acids is 1. The number of nitriles is 2. The molecule has 0 aliphatic carbocycles. The van der Waals surface area contributed by atoms with Crippen molar-refractivity contribution in [2.75, 3.05) is 140 Å². The Morgan fingerprint density at radius 2 is 0.743 bits per heavy atom. The molecule has 0 heterocycles. The average molecular weight is 2020 g/mol. The lowest BCUT2D eigenvalue weighted by Gasteiger charge is -2.10. The first-order chi connectivity index (χ1) is 64.7. The molecule has 3 amide bonds. The number of primary amides is 2. The fraction of sp³-hybridized carbons (Fsp3) is 0.930. The molecule has 862 valence electrons. The Balaban J connectivity index is -0.0000000602. The smallest absolute Gasteiger partial charge is 0.312 e. The third kappa shape index (κ3) is 400. The number of methoxy groups -OCH3 is 1. The summed E-state index contributed by atoms with van der Waals surface area (Å²) in [5.41, 5.74) is 30.6. The van der Waals surface area contributed by atoms with Crippen molar-refractivity contribution in [3.8, 4) is 12.1 Å². The van der Waals surface area contributed by atoms with E-state index in [1.165, 1.54) is 51.6 Å². The average Bonchev–Trinajstić information content (AvgIpc) is 1.06. The molecule has 0 aliphatic rings. The van der Waals surface area contributed by atoms with Crippen molar-refractivity contribution in [1.82, 2.24) is 31.5 Å². The van der Waals surface area contributed by atoms with Crippen LogP contribution >= 0.6 is 0 Å². The number of aldehydes is 1. The molecule has 0 spiro atoms. The highest BCUT2D eigenvalue weighted by Gasteiger charge is 2.05. The van der Waals surface area contributed by atoms with Crippen molar-refractivity contribution in [3.05, 3.63) is 12.7 Å². The second kappa shape index (κ2) is 166. The number of amides is 3. The molecule has 140 heavy (non-hydrogen) atoms. The number of carbonyl (C=O) groups is 4. The van der Waals surface area contributed by atoms with E-state index in [4.69, 9.17) is 80.3 Å². The van der Waals surface area contributed by atoms with Gasteiger partial charge in [0, 0.05) is 78.2 Å². The van der Waals surface area contributed by atoms with Gasteiger partial charge in [-0.15, -0.1) is 6.58 Å². The van der Waals surface area contributed by atoms with Gasteiger partial charge in [-0.2, -0.15) is 10.5 Å². The second-order valence-electron chi connectivity index (χ2n) is 43.7. The van der Waals surface area contributed by atoms with E-state index in [1.54, 1.807) is 7.11 Å². The largest absolute Gasteiger partial charge is 0.481 e. The number of unbranched alkanes of at least 4 members (excludes halogenated alkanes) is 1. The zero-order chi connectivity index (χ0) is 115. The predicted molar refractivity (Wildman–Crippen MR) is 625 cm³/mol. The number of aliphatic hydroxyl groups excluding tert-OH is 5. The Labute approximate surface area is 878 Å². The highest BCUT2D eigenvalue weighted by atomic mass is 16.5. The maximum absolute atomic E-state index is 10.1. The number of ether oxygens (including phenoxy) is 1. The first-order valence-corrected chi connectivity index (χ1v) is 54.9. The van der Waals surface area contributed by atoms with Gasteiger partial charge in [-0.25, -0.2) is 4.79 Å². The first kappa shape index (κ1) is 184. The molecule has 0 saturated heterocycles. The Morgan fingerprint density at radius 3 is 0.871 bits per heavy atom. The fourth-order valence-electron chi connectivity index (χ4n) is 8.11. The first-order valence-electron chi connectivity index (χ1n) is 54.9. The van der Waals surface area contributed by atoms with E-state index in [0.717, 1.165) is 208 Å². The molecule has 0 radical (unpaired) electrons. The number of urea groups is 1. The number of carbonyl (C=O) groups excluding carboxylic acids is 3. The molecular weight excluding hydrogens is 1750 g/mol. The number of hydrogen-bond donors (Lipinski definition) is 17. The van der Waals surface area contributed by atoms with Crippen molar-refractivity contribution >= 4 is 24.2 Å². The Kier molecular flexibility index (Phi) is 218. The summed E-state index contributed by atoms with van der Waals surface area (Å²) >= 11 is 0. The highest BCUT2D eigenvalue weighted by molar-refractivity contribution is 5.73. The third-order valence-corrected chi connectivity index (χ3v) is 16.7. The number of aliphatic hydroxyl groups is 5. The lowest BCUT2D eigenvalue weighted by atomic mass is 10.1. The number of hydrogen-bond acceptors (Lipinski definition) is 21. The van der Waals surface area contributed by atoms with Crippen molar-refractivity contribution < 1.29 is 54.6 Å². The normalized spacial score (nSPS) is 10.2. The van der Waals surface area contributed by atoms with E-state index in [2.05, 4.69) is 272 Å². The van der Waals surface area contributed by atoms with Crippen LogP contribution < -0.4 is 61.0 Å². The Morgan fingerprint density at radius 1 is 0.407 bits per heavy atom. The molecule has 0 aromatic heterocycles. The molecule has 0 saturated carbocycles. The molecule has 0 aliphatic heterocycles. The monoisotopic (exact) mass is 2020 g/mol. The number of rotatable bonds is 52. The summed E-state index contributed by atoms with van der Waals surface area (Å²) in [6, 6.07) is 4.34. The van der Waals surface area contributed by atoms with Gasteiger partial charge >= 0.3 is 12.0 Å². The van der Waals surface area contributed by atoms with Gasteiger partial charge in [-0.05, 0) is 308 Å². The zero-order valence-electron chi connectivity index (χ0n) is 103. The quantitative estimate of drug-likeness (QED) is 0.0153. The van der Waals surface area contributed by atoms with Crippen LogP contribution in [-0.2, 0) is 19.1 Å². The van der Waals surface area contributed by atoms with Crippen molar-refractivity contribution in [2.24, 2.45) is 147 Å². The lowest BCUT2D eigenvalue weighted by Crippen LogP contribution is -2.30. The number of nitrogens with one attached hydrogen (secondary N) is 5. The van der Waals surface area contributed by atoms with Gasteiger partial charge < -0.3 is 106 Å². The molecule has 0 bridgehead atoms. The number of carboxylic acid groups (broad SMARTS) is 1. The molecule has 0 fully saturated rings. The van der Waals surface area contributed by atoms with Gasteiger partial charge in [0.2, 0.25) is 5.91 Å². The van der Waals surface area contributed by atoms with Crippen LogP contribution in [-0.4, -0.2) is 212 Å². The molecule has 23 N–H and O–H groups in total. The number of nitrogens with two attached hydrogens (primary N) is 6. The van der Waals surface area contributed by atoms with E-state index in [-0.39, 0.29) is 24.9 Å². The molecule has 25 heteroatoms. The summed E-state index contributed by atoms with van der Waals surface area (Å²) in [5.74, 6) is 11.8. The van der Waals surface area contributed by atoms with Crippen LogP contribution in [0.4, 0.5) is 4.79 Å². The highest BCUT2D eigenvalue weighted by Crippen LogP contribution is 2.07. The van der Waals surface area contributed by atoms with E-state index in [1.807, 2.05) is 96.2 Å². The van der Waals surface area contributed by atoms with Crippen molar-refractivity contribution in [1.29, 1.82) is 10.5 Å². The van der Waals surface area contributed by atoms with Crippen LogP contribution in [0.1, 0.15) is 438 Å². The number of nitrogens with zero attached hydrogens (tertiary/aromatic N) is 3. The minimum atomic E-state index is -0.713. The molecule has 0 unspecified atom stereocenters. The predicted octanol–water partition coefficient (Wildman–Crippen LogP) is 24.6. The summed E-state index contributed by atoms with van der Waals surface area (Å²) in [6.07, 6.45) is 25.5. The van der Waals surface area contributed by atoms with Crippen LogP contribution in [0, 0.1) is 135 Å². The molecular formula is C115H266N14O11. The maximum atomic E-state index is 10.1. The Hall–Kier alpha value is -4.00. The lowest BCUT2D eigenvalue weighted by molar-refractivity contribution is -0.137. The van der Waals surface area contributed by atoms with E-state index in [0.29, 0.717) is 106 Å². The van der Waals surface area contributed by atoms with Gasteiger partial charge in [0.25, 0.3) is 0 Å². The molecule has 1 atom stereocenters. The van der Waals surface area contributed by atoms with Crippen molar-refractivity contribution in [2.45, 2.75) is 451 Å². The summed E-state index contributed by atoms with van der Waals surface area (Å²) in [7, 11) is 7.94. The summed E-state index contributed by atoms with van der Waals surface area (Å²) in [4.78, 5) is 41.8. The van der Waals surface area contributed by atoms with Crippen LogP contribution in [0.5, 0.6) is 0 Å². The third-order valence-electron chi connectivity index (χ3n) is 16.7. The van der Waals surface area contributed by atoms with Crippen molar-refractivity contribution in [3.63, 3.8) is 0 Å². The SMILES string of the molecule is C=CCC(C)C.CC(C)CC#N.CC(C)CC#N.CC(C)CC(=O)O.CC(C)CC(N)=O.CC(C)CC=O.CC(C)CCCO.CC(C)CCCO.CC(C)CCN.CC(C)CCN.CC(C)CCN.CC(C)CCN.CC(C)CCN(C)C.CC(C)CCNC(C)C.CC(C)CCNC(N)=O.CC(C)CCO.CC(C)C[C@H](O)CO.CCCCNCCOC.CCNCCC(C)C.CNCCC(C)C. The van der Waals surface area contributed by atoms with Crippen LogP contribution in [0.3, 0.4) is 0 Å². The summed E-state index contributed by atoms with van der Waals surface area (Å²) in [5, 5.41) is 81.6. The number of carboxylic acids is 1. The van der Waals surface area contributed by atoms with E-state index < -0.39 is 18.1 Å². The zero-order valence-corrected chi connectivity index (χ0v) is 103. The van der Waals surface area contributed by atoms with E-state index in [9.17, 15) is 19.2 Å². The fourth-order valence-corrected chi connectivity index (χ4v) is 8.11. The van der Waals surface area contributed by atoms with Gasteiger partial charge in [0.05, 0.1) is 31.5 Å². The topological polar surface area (TPSA) is 466 Å². The Bertz CT molecular complexity index is 2010. The molecule has 0 aromatic rings. The summed E-state index contributed by atoms with van der Waals surface area (Å²) < 4.78 is 4.86. The standard InChI is InChI=1S/C8H19N.C7H17NO.2C7H17N.C6H14N2O.C6H15N.C6H14O2.2C6H14O.C6H12.C5H11NO.4C5H13N.2C5H9N.C5H10O2.C5H12O.C5H10O/c1-7(2)5-6-9-8(3)4;1-3-4-5-8-6-7-9-2;1-7(2)5-6-8(3)4;1-4-8-6-5-7(2)3;1-5(2)3-4-8-6(7)9;1-6(2)4-5-7-3;1-5(2)3-6(8)4-7;2*1-6(2)4-3-5-7;1-4-5-6(2)3;1-4(2)3-5(6)7;6*1-5(2)3-4-6;1-4(2)3-5(6)7;2*1-5(2)3-4-6/h7-9H,5-6H2,1-4H3;8H,3-7H2,1-2H3;7H,5-6H2,1-4H3;7-8H,4-6H2,1-3H3;5H,3-4H2,1-2H3,(H3,7,8,9);6-7H,4-5H2,1-3H3;5-8H,3-4H2,1-2H3;2*6-7H,3-5H2,1-2H3;4,6H,1,5H2,2-3H3;4H,3H2,1-2H3,(H2,6,7);4*5H,3-4,6H2,1-2H3;2*5H,3H2,1-2H3;4H,3H2,1-2H3,(H,6,7);5-6H,3-4H2,1-2H3;4-5H,3H2,1-2H3/t;;;;;;6-;;;;;;;;;;;;;/m......0............./s1. The van der Waals surface area contributed by atoms with Gasteiger partial charge in [0.15, 0.2) is 0 Å². The molecule has 0 aromatic carbocycles. The van der Waals surface area contributed by atoms with Crippen LogP contribution in [0.25, 0.3) is 0 Å². The van der Waals surface area contributed by atoms with Gasteiger partial charge in [-0.3, -0.25) is 9.59 Å².